The molecule has 3 aliphatic rings. The van der Waals surface area contributed by atoms with Crippen molar-refractivity contribution in [2.24, 2.45) is 5.92 Å². The molecule has 22 heavy (non-hydrogen) atoms. The first-order chi connectivity index (χ1) is 10.4. The molecule has 1 saturated heterocycles. The number of ether oxygens (including phenoxy) is 2. The van der Waals surface area contributed by atoms with Gasteiger partial charge < -0.3 is 14.4 Å². The van der Waals surface area contributed by atoms with E-state index in [1.54, 1.807) is 4.90 Å². The van der Waals surface area contributed by atoms with Crippen molar-refractivity contribution in [2.75, 3.05) is 39.2 Å². The second-order valence-electron chi connectivity index (χ2n) is 6.84. The summed E-state index contributed by atoms with van der Waals surface area (Å²) in [6.45, 7) is 2.59. The van der Waals surface area contributed by atoms with Crippen LogP contribution >= 0.6 is 0 Å². The highest BCUT2D eigenvalue weighted by atomic mass is 32.2. The third kappa shape index (κ3) is 3.16. The maximum Gasteiger partial charge on any atom is 0.244 e. The molecule has 0 aromatic heterocycles. The molecule has 1 unspecified atom stereocenters. The van der Waals surface area contributed by atoms with Crippen molar-refractivity contribution in [3.8, 4) is 0 Å². The van der Waals surface area contributed by atoms with Crippen molar-refractivity contribution in [3.63, 3.8) is 0 Å². The molecule has 6 nitrogen and oxygen atoms in total. The van der Waals surface area contributed by atoms with Gasteiger partial charge in [0.1, 0.15) is 0 Å². The number of nitrogens with zero attached hydrogens (tertiary/aromatic N) is 1. The molecule has 0 aromatic carbocycles. The molecule has 0 N–H and O–H groups in total. The van der Waals surface area contributed by atoms with E-state index in [1.807, 2.05) is 0 Å². The number of hydrogen-bond acceptors (Lipinski definition) is 5. The van der Waals surface area contributed by atoms with Gasteiger partial charge in [0, 0.05) is 26.0 Å². The van der Waals surface area contributed by atoms with E-state index < -0.39 is 14.6 Å². The summed E-state index contributed by atoms with van der Waals surface area (Å²) in [6, 6.07) is 0. The van der Waals surface area contributed by atoms with E-state index in [2.05, 4.69) is 0 Å². The lowest BCUT2D eigenvalue weighted by atomic mass is 9.83. The Labute approximate surface area is 132 Å². The topological polar surface area (TPSA) is 72.9 Å². The molecule has 0 radical (unpaired) electrons. The molecule has 2 saturated carbocycles. The Morgan fingerprint density at radius 1 is 1.32 bits per heavy atom. The van der Waals surface area contributed by atoms with E-state index in [9.17, 15) is 13.2 Å². The molecule has 3 fully saturated rings. The molecule has 1 aliphatic heterocycles. The van der Waals surface area contributed by atoms with E-state index in [0.717, 1.165) is 13.0 Å². The molecule has 1 atom stereocenters. The number of rotatable bonds is 6. The van der Waals surface area contributed by atoms with Crippen LogP contribution in [0.15, 0.2) is 0 Å². The lowest BCUT2D eigenvalue weighted by Gasteiger charge is -2.43. The van der Waals surface area contributed by atoms with Crippen molar-refractivity contribution < 1.29 is 22.7 Å². The molecule has 2 aliphatic carbocycles. The fraction of sp³-hybridized carbons (Fsp3) is 0.933. The maximum absolute atomic E-state index is 12.7. The Morgan fingerprint density at radius 2 is 2.05 bits per heavy atom. The SMILES string of the molecule is CS(=O)(=O)C1(C(=O)N2CCOC(COCC3CC3)C2)CCC1. The smallest absolute Gasteiger partial charge is 0.244 e. The third-order valence-corrected chi connectivity index (χ3v) is 7.04. The lowest BCUT2D eigenvalue weighted by Crippen LogP contribution is -2.61. The Morgan fingerprint density at radius 3 is 2.59 bits per heavy atom. The van der Waals surface area contributed by atoms with Gasteiger partial charge in [0.15, 0.2) is 14.6 Å². The van der Waals surface area contributed by atoms with Crippen LogP contribution in [-0.4, -0.2) is 69.2 Å². The maximum atomic E-state index is 12.7. The van der Waals surface area contributed by atoms with Gasteiger partial charge in [0.05, 0.1) is 19.3 Å². The quantitative estimate of drug-likeness (QED) is 0.713. The second-order valence-corrected chi connectivity index (χ2v) is 9.17. The third-order valence-electron chi connectivity index (χ3n) is 5.04. The van der Waals surface area contributed by atoms with Gasteiger partial charge in [-0.2, -0.15) is 0 Å². The zero-order valence-electron chi connectivity index (χ0n) is 13.1. The Balaban J connectivity index is 1.57. The number of hydrogen-bond donors (Lipinski definition) is 0. The average molecular weight is 331 g/mol. The summed E-state index contributed by atoms with van der Waals surface area (Å²) in [7, 11) is -3.38. The van der Waals surface area contributed by atoms with Gasteiger partial charge in [0.2, 0.25) is 5.91 Å². The van der Waals surface area contributed by atoms with E-state index >= 15 is 0 Å². The molecule has 7 heteroatoms. The zero-order chi connectivity index (χ0) is 15.8. The van der Waals surface area contributed by atoms with Gasteiger partial charge in [-0.3, -0.25) is 4.79 Å². The van der Waals surface area contributed by atoms with Crippen LogP contribution in [0.4, 0.5) is 0 Å². The summed E-state index contributed by atoms with van der Waals surface area (Å²) in [4.78, 5) is 14.4. The Bertz CT molecular complexity index is 524. The van der Waals surface area contributed by atoms with Crippen LogP contribution in [0.3, 0.4) is 0 Å². The van der Waals surface area contributed by atoms with Crippen LogP contribution in [0.25, 0.3) is 0 Å². The number of amides is 1. The van der Waals surface area contributed by atoms with Crippen LogP contribution in [0.2, 0.25) is 0 Å². The van der Waals surface area contributed by atoms with Crippen LogP contribution in [0.1, 0.15) is 32.1 Å². The minimum absolute atomic E-state index is 0.145. The largest absolute Gasteiger partial charge is 0.378 e. The van der Waals surface area contributed by atoms with Crippen molar-refractivity contribution in [3.05, 3.63) is 0 Å². The monoisotopic (exact) mass is 331 g/mol. The summed E-state index contributed by atoms with van der Waals surface area (Å²) in [5, 5.41) is 0. The first-order valence-corrected chi connectivity index (χ1v) is 10.00. The number of carbonyl (C=O) groups is 1. The molecule has 0 spiro atoms. The van der Waals surface area contributed by atoms with Crippen molar-refractivity contribution in [2.45, 2.75) is 43.0 Å². The van der Waals surface area contributed by atoms with Crippen molar-refractivity contribution in [1.29, 1.82) is 0 Å². The van der Waals surface area contributed by atoms with Crippen LogP contribution in [-0.2, 0) is 24.1 Å². The van der Waals surface area contributed by atoms with Gasteiger partial charge in [-0.25, -0.2) is 8.42 Å². The predicted molar refractivity (Wildman–Crippen MR) is 81.3 cm³/mol. The van der Waals surface area contributed by atoms with Crippen molar-refractivity contribution >= 4 is 15.7 Å². The van der Waals surface area contributed by atoms with Crippen molar-refractivity contribution in [1.82, 2.24) is 4.90 Å². The van der Waals surface area contributed by atoms with Gasteiger partial charge in [-0.1, -0.05) is 0 Å². The summed E-state index contributed by atoms with van der Waals surface area (Å²) < 4.78 is 34.2. The highest BCUT2D eigenvalue weighted by Crippen LogP contribution is 2.40. The van der Waals surface area contributed by atoms with Gasteiger partial charge in [-0.15, -0.1) is 0 Å². The fourth-order valence-electron chi connectivity index (χ4n) is 3.18. The van der Waals surface area contributed by atoms with Crippen LogP contribution < -0.4 is 0 Å². The summed E-state index contributed by atoms with van der Waals surface area (Å²) in [5.74, 6) is 0.460. The second kappa shape index (κ2) is 6.09. The molecule has 0 bridgehead atoms. The highest BCUT2D eigenvalue weighted by molar-refractivity contribution is 7.93. The van der Waals surface area contributed by atoms with E-state index in [-0.39, 0.29) is 12.0 Å². The standard InChI is InChI=1S/C15H25NO5S/c1-22(18,19)15(5-2-6-15)14(17)16-7-8-21-13(9-16)11-20-10-12-3-4-12/h12-13H,2-11H2,1H3. The van der Waals surface area contributed by atoms with Gasteiger partial charge in [0.25, 0.3) is 0 Å². The van der Waals surface area contributed by atoms with E-state index in [1.165, 1.54) is 19.1 Å². The first kappa shape index (κ1) is 16.2. The molecule has 0 aromatic rings. The fourth-order valence-corrected chi connectivity index (χ4v) is 4.66. The summed E-state index contributed by atoms with van der Waals surface area (Å²) >= 11 is 0. The molecule has 3 rings (SSSR count). The molecule has 126 valence electrons. The predicted octanol–water partition coefficient (Wildman–Crippen LogP) is 0.608. The first-order valence-electron chi connectivity index (χ1n) is 8.11. The van der Waals surface area contributed by atoms with Crippen LogP contribution in [0, 0.1) is 5.92 Å². The average Bonchev–Trinajstić information content (AvgIpc) is 3.20. The normalized spacial score (nSPS) is 28.2. The minimum atomic E-state index is -3.38. The summed E-state index contributed by atoms with van der Waals surface area (Å²) in [5.41, 5.74) is 0. The van der Waals surface area contributed by atoms with Gasteiger partial charge in [-0.05, 0) is 38.0 Å². The molecular weight excluding hydrogens is 306 g/mol. The number of morpholine rings is 1. The molecule has 1 amide bonds. The zero-order valence-corrected chi connectivity index (χ0v) is 13.9. The Hall–Kier alpha value is -0.660. The highest BCUT2D eigenvalue weighted by Gasteiger charge is 2.54. The minimum Gasteiger partial charge on any atom is -0.378 e. The summed E-state index contributed by atoms with van der Waals surface area (Å²) in [6.07, 6.45) is 5.22. The van der Waals surface area contributed by atoms with E-state index in [0.29, 0.717) is 45.1 Å². The van der Waals surface area contributed by atoms with Crippen LogP contribution in [0.5, 0.6) is 0 Å². The van der Waals surface area contributed by atoms with Gasteiger partial charge >= 0.3 is 0 Å². The number of sulfone groups is 1. The van der Waals surface area contributed by atoms with E-state index in [4.69, 9.17) is 9.47 Å². The number of carbonyl (C=O) groups excluding carboxylic acids is 1. The Kier molecular flexibility index (Phi) is 4.49. The molecular formula is C15H25NO5S. The lowest BCUT2D eigenvalue weighted by molar-refractivity contribution is -0.146. The molecule has 1 heterocycles.